The monoisotopic (exact) mass is 221 g/mol. The average Bonchev–Trinajstić information content (AvgIpc) is 2.30. The molecule has 0 aliphatic heterocycles. The summed E-state index contributed by atoms with van der Waals surface area (Å²) in [6, 6.07) is 8.38. The minimum Gasteiger partial charge on any atom is -0.289 e. The molecule has 15 heavy (non-hydrogen) atoms. The number of hydrogen-bond acceptors (Lipinski definition) is 1. The van der Waals surface area contributed by atoms with E-state index in [0.717, 1.165) is 10.6 Å². The first-order valence-corrected chi connectivity index (χ1v) is 6.01. The lowest BCUT2D eigenvalue weighted by atomic mass is 9.96. The van der Waals surface area contributed by atoms with Crippen molar-refractivity contribution in [3.8, 4) is 0 Å². The third kappa shape index (κ3) is 3.35. The number of benzene rings is 1. The van der Waals surface area contributed by atoms with Gasteiger partial charge in [-0.2, -0.15) is 0 Å². The van der Waals surface area contributed by atoms with Crippen molar-refractivity contribution in [3.05, 3.63) is 34.9 Å². The summed E-state index contributed by atoms with van der Waals surface area (Å²) in [5.74, 6) is 0. The molecule has 2 rings (SSSR count). The quantitative estimate of drug-likeness (QED) is 0.667. The van der Waals surface area contributed by atoms with Gasteiger partial charge in [-0.1, -0.05) is 43.0 Å². The van der Waals surface area contributed by atoms with E-state index in [1.807, 2.05) is 30.5 Å². The Morgan fingerprint density at radius 3 is 2.40 bits per heavy atom. The molecule has 0 N–H and O–H groups in total. The van der Waals surface area contributed by atoms with Crippen molar-refractivity contribution in [2.24, 2.45) is 4.99 Å². The first-order chi connectivity index (χ1) is 7.34. The lowest BCUT2D eigenvalue weighted by molar-refractivity contribution is 0.444. The SMILES string of the molecule is Clc1ccc(C=NC2CCCCC2)cc1. The minimum absolute atomic E-state index is 0.550. The maximum atomic E-state index is 5.82. The summed E-state index contributed by atoms with van der Waals surface area (Å²) in [6.45, 7) is 0. The molecule has 0 amide bonds. The fourth-order valence-electron chi connectivity index (χ4n) is 1.97. The van der Waals surface area contributed by atoms with E-state index < -0.39 is 0 Å². The molecule has 0 atom stereocenters. The Morgan fingerprint density at radius 2 is 1.73 bits per heavy atom. The molecule has 0 saturated heterocycles. The van der Waals surface area contributed by atoms with E-state index in [1.165, 1.54) is 32.1 Å². The first-order valence-electron chi connectivity index (χ1n) is 5.63. The van der Waals surface area contributed by atoms with E-state index in [2.05, 4.69) is 4.99 Å². The molecule has 0 bridgehead atoms. The molecule has 1 aliphatic rings. The standard InChI is InChI=1S/C13H16ClN/c14-12-8-6-11(7-9-12)10-15-13-4-2-1-3-5-13/h6-10,13H,1-5H2. The van der Waals surface area contributed by atoms with E-state index in [-0.39, 0.29) is 0 Å². The third-order valence-corrected chi connectivity index (χ3v) is 3.13. The van der Waals surface area contributed by atoms with Gasteiger partial charge >= 0.3 is 0 Å². The van der Waals surface area contributed by atoms with Crippen LogP contribution in [0.15, 0.2) is 29.3 Å². The molecule has 1 aromatic carbocycles. The highest BCUT2D eigenvalue weighted by Gasteiger charge is 2.10. The summed E-state index contributed by atoms with van der Waals surface area (Å²) in [5, 5.41) is 0.782. The number of halogens is 1. The molecule has 1 fully saturated rings. The van der Waals surface area contributed by atoms with Crippen LogP contribution in [-0.4, -0.2) is 12.3 Å². The summed E-state index contributed by atoms with van der Waals surface area (Å²) in [4.78, 5) is 4.62. The Morgan fingerprint density at radius 1 is 1.07 bits per heavy atom. The van der Waals surface area contributed by atoms with Crippen molar-refractivity contribution in [2.75, 3.05) is 0 Å². The Kier molecular flexibility index (Phi) is 3.79. The highest BCUT2D eigenvalue weighted by atomic mass is 35.5. The van der Waals surface area contributed by atoms with Gasteiger partial charge in [0.1, 0.15) is 0 Å². The van der Waals surface area contributed by atoms with Gasteiger partial charge in [-0.25, -0.2) is 0 Å². The van der Waals surface area contributed by atoms with Crippen LogP contribution in [0.1, 0.15) is 37.7 Å². The predicted octanol–water partition coefficient (Wildman–Crippen LogP) is 4.09. The topological polar surface area (TPSA) is 12.4 Å². The predicted molar refractivity (Wildman–Crippen MR) is 65.9 cm³/mol. The Hall–Kier alpha value is -0.820. The van der Waals surface area contributed by atoms with Crippen LogP contribution in [0, 0.1) is 0 Å². The largest absolute Gasteiger partial charge is 0.289 e. The van der Waals surface area contributed by atoms with Crippen molar-refractivity contribution in [2.45, 2.75) is 38.1 Å². The summed E-state index contributed by atoms with van der Waals surface area (Å²) < 4.78 is 0. The number of rotatable bonds is 2. The van der Waals surface area contributed by atoms with Crippen LogP contribution in [0.5, 0.6) is 0 Å². The normalized spacial score (nSPS) is 18.5. The van der Waals surface area contributed by atoms with Gasteiger partial charge in [0.05, 0.1) is 0 Å². The lowest BCUT2D eigenvalue weighted by Crippen LogP contribution is -2.09. The summed E-state index contributed by atoms with van der Waals surface area (Å²) in [7, 11) is 0. The van der Waals surface area contributed by atoms with Crippen LogP contribution >= 0.6 is 11.6 Å². The molecule has 0 radical (unpaired) electrons. The van der Waals surface area contributed by atoms with Crippen LogP contribution in [0.25, 0.3) is 0 Å². The van der Waals surface area contributed by atoms with Crippen molar-refractivity contribution in [1.82, 2.24) is 0 Å². The van der Waals surface area contributed by atoms with Crippen LogP contribution in [-0.2, 0) is 0 Å². The van der Waals surface area contributed by atoms with Crippen molar-refractivity contribution in [3.63, 3.8) is 0 Å². The van der Waals surface area contributed by atoms with E-state index >= 15 is 0 Å². The molecule has 1 saturated carbocycles. The van der Waals surface area contributed by atoms with Crippen LogP contribution in [0.3, 0.4) is 0 Å². The fraction of sp³-hybridized carbons (Fsp3) is 0.462. The molecule has 0 heterocycles. The molecule has 1 aromatic rings. The maximum absolute atomic E-state index is 5.82. The van der Waals surface area contributed by atoms with Gasteiger partial charge in [0.2, 0.25) is 0 Å². The van der Waals surface area contributed by atoms with Crippen molar-refractivity contribution < 1.29 is 0 Å². The lowest BCUT2D eigenvalue weighted by Gasteiger charge is -2.16. The number of aliphatic imine (C=N–C) groups is 1. The Balaban J connectivity index is 1.95. The third-order valence-electron chi connectivity index (χ3n) is 2.88. The van der Waals surface area contributed by atoms with E-state index in [1.54, 1.807) is 0 Å². The van der Waals surface area contributed by atoms with E-state index in [4.69, 9.17) is 11.6 Å². The van der Waals surface area contributed by atoms with Crippen LogP contribution < -0.4 is 0 Å². The van der Waals surface area contributed by atoms with E-state index in [9.17, 15) is 0 Å². The van der Waals surface area contributed by atoms with Crippen molar-refractivity contribution in [1.29, 1.82) is 0 Å². The second kappa shape index (κ2) is 5.32. The van der Waals surface area contributed by atoms with Gasteiger partial charge in [-0.05, 0) is 30.5 Å². The summed E-state index contributed by atoms with van der Waals surface area (Å²) in [6.07, 6.45) is 8.54. The smallest absolute Gasteiger partial charge is 0.0499 e. The summed E-state index contributed by atoms with van der Waals surface area (Å²) >= 11 is 5.82. The Bertz CT molecular complexity index is 323. The molecule has 0 aromatic heterocycles. The van der Waals surface area contributed by atoms with Gasteiger partial charge in [-0.3, -0.25) is 4.99 Å². The summed E-state index contributed by atoms with van der Waals surface area (Å²) in [5.41, 5.74) is 1.14. The van der Waals surface area contributed by atoms with Gasteiger partial charge < -0.3 is 0 Å². The van der Waals surface area contributed by atoms with E-state index in [0.29, 0.717) is 6.04 Å². The zero-order valence-electron chi connectivity index (χ0n) is 8.82. The highest BCUT2D eigenvalue weighted by Crippen LogP contribution is 2.20. The number of hydrogen-bond donors (Lipinski definition) is 0. The molecule has 0 spiro atoms. The first kappa shape index (κ1) is 10.7. The highest BCUT2D eigenvalue weighted by molar-refractivity contribution is 6.30. The molecule has 80 valence electrons. The molecule has 1 nitrogen and oxygen atoms in total. The molecular weight excluding hydrogens is 206 g/mol. The zero-order chi connectivity index (χ0) is 10.5. The second-order valence-corrected chi connectivity index (χ2v) is 4.56. The van der Waals surface area contributed by atoms with Gasteiger partial charge in [0.25, 0.3) is 0 Å². The number of nitrogens with zero attached hydrogens (tertiary/aromatic N) is 1. The molecular formula is C13H16ClN. The minimum atomic E-state index is 0.550. The molecule has 1 aliphatic carbocycles. The van der Waals surface area contributed by atoms with Crippen LogP contribution in [0.4, 0.5) is 0 Å². The Labute approximate surface area is 96.2 Å². The zero-order valence-corrected chi connectivity index (χ0v) is 9.58. The van der Waals surface area contributed by atoms with Crippen molar-refractivity contribution >= 4 is 17.8 Å². The van der Waals surface area contributed by atoms with Gasteiger partial charge in [0.15, 0.2) is 0 Å². The molecule has 0 unspecified atom stereocenters. The van der Waals surface area contributed by atoms with Crippen LogP contribution in [0.2, 0.25) is 5.02 Å². The molecule has 2 heteroatoms. The maximum Gasteiger partial charge on any atom is 0.0499 e. The van der Waals surface area contributed by atoms with Gasteiger partial charge in [-0.15, -0.1) is 0 Å². The fourth-order valence-corrected chi connectivity index (χ4v) is 2.10. The van der Waals surface area contributed by atoms with Gasteiger partial charge in [0, 0.05) is 17.3 Å². The average molecular weight is 222 g/mol. The second-order valence-electron chi connectivity index (χ2n) is 4.12.